The van der Waals surface area contributed by atoms with Crippen LogP contribution in [0.2, 0.25) is 0 Å². The summed E-state index contributed by atoms with van der Waals surface area (Å²) in [5.41, 5.74) is 0.349. The molecule has 1 aromatic carbocycles. The van der Waals surface area contributed by atoms with Gasteiger partial charge in [-0.3, -0.25) is 4.79 Å². The van der Waals surface area contributed by atoms with Crippen molar-refractivity contribution >= 4 is 5.91 Å². The Morgan fingerprint density at radius 1 is 1.48 bits per heavy atom. The van der Waals surface area contributed by atoms with Crippen LogP contribution in [0.15, 0.2) is 18.2 Å². The van der Waals surface area contributed by atoms with Crippen LogP contribution in [-0.4, -0.2) is 38.2 Å². The van der Waals surface area contributed by atoms with Gasteiger partial charge in [0.1, 0.15) is 5.82 Å². The molecule has 1 aromatic heterocycles. The number of aliphatic hydroxyl groups is 1. The van der Waals surface area contributed by atoms with Crippen LogP contribution in [0.3, 0.4) is 0 Å². The van der Waals surface area contributed by atoms with Crippen molar-refractivity contribution in [3.8, 4) is 11.8 Å². The Hall–Kier alpha value is -2.79. The van der Waals surface area contributed by atoms with Gasteiger partial charge >= 0.3 is 0 Å². The second kappa shape index (κ2) is 7.12. The molecule has 0 saturated heterocycles. The minimum absolute atomic E-state index is 0.0782. The number of carbonyl (C=O) groups is 1. The fraction of sp³-hybridized carbons (Fsp3) is 0.231. The molecule has 108 valence electrons. The van der Waals surface area contributed by atoms with Crippen molar-refractivity contribution in [2.24, 2.45) is 0 Å². The molecule has 0 bridgehead atoms. The second-order valence-corrected chi connectivity index (χ2v) is 3.98. The Labute approximate surface area is 119 Å². The Bertz CT molecular complexity index is 676. The fourth-order valence-electron chi connectivity index (χ4n) is 1.49. The lowest BCUT2D eigenvalue weighted by Gasteiger charge is -2.03. The van der Waals surface area contributed by atoms with Crippen LogP contribution >= 0.6 is 0 Å². The molecule has 0 unspecified atom stereocenters. The molecular formula is C13H12FN5O2. The van der Waals surface area contributed by atoms with E-state index in [4.69, 9.17) is 5.11 Å². The Morgan fingerprint density at radius 3 is 3.00 bits per heavy atom. The zero-order valence-corrected chi connectivity index (χ0v) is 10.9. The van der Waals surface area contributed by atoms with Gasteiger partial charge in [0.05, 0.1) is 18.7 Å². The van der Waals surface area contributed by atoms with Crippen LogP contribution in [0, 0.1) is 17.7 Å². The molecule has 0 aliphatic heterocycles. The predicted molar refractivity (Wildman–Crippen MR) is 70.3 cm³/mol. The molecule has 21 heavy (non-hydrogen) atoms. The Balaban J connectivity index is 2.02. The maximum Gasteiger partial charge on any atom is 0.251 e. The SMILES string of the molecule is O=C(NCc1nn[nH]n1)c1ccc(C#CCCO)c(F)c1. The van der Waals surface area contributed by atoms with E-state index in [0.717, 1.165) is 6.07 Å². The molecule has 0 aliphatic carbocycles. The fourth-order valence-corrected chi connectivity index (χ4v) is 1.49. The number of amides is 1. The molecule has 1 heterocycles. The van der Waals surface area contributed by atoms with Crippen LogP contribution in [-0.2, 0) is 6.54 Å². The van der Waals surface area contributed by atoms with Gasteiger partial charge in [-0.2, -0.15) is 5.21 Å². The average molecular weight is 289 g/mol. The van der Waals surface area contributed by atoms with Gasteiger partial charge in [-0.05, 0) is 18.2 Å². The first-order valence-electron chi connectivity index (χ1n) is 6.10. The van der Waals surface area contributed by atoms with Crippen LogP contribution in [0.4, 0.5) is 4.39 Å². The van der Waals surface area contributed by atoms with Crippen molar-refractivity contribution in [2.45, 2.75) is 13.0 Å². The Morgan fingerprint density at radius 2 is 2.33 bits per heavy atom. The minimum Gasteiger partial charge on any atom is -0.395 e. The highest BCUT2D eigenvalue weighted by molar-refractivity contribution is 5.94. The van der Waals surface area contributed by atoms with E-state index in [1.54, 1.807) is 0 Å². The van der Waals surface area contributed by atoms with E-state index in [1.807, 2.05) is 0 Å². The standard InChI is InChI=1S/C13H12FN5O2/c14-11-7-10(5-4-9(11)3-1-2-6-20)13(21)15-8-12-16-18-19-17-12/h4-5,7,20H,2,6,8H2,(H,15,21)(H,16,17,18,19). The summed E-state index contributed by atoms with van der Waals surface area (Å²) in [6, 6.07) is 4.00. The average Bonchev–Trinajstić information content (AvgIpc) is 3.00. The van der Waals surface area contributed by atoms with Crippen molar-refractivity contribution in [1.82, 2.24) is 25.9 Å². The molecule has 0 spiro atoms. The van der Waals surface area contributed by atoms with Gasteiger partial charge in [0.15, 0.2) is 5.82 Å². The minimum atomic E-state index is -0.590. The van der Waals surface area contributed by atoms with E-state index in [-0.39, 0.29) is 30.7 Å². The van der Waals surface area contributed by atoms with Gasteiger partial charge < -0.3 is 10.4 Å². The Kier molecular flexibility index (Phi) is 4.95. The third-order valence-corrected chi connectivity index (χ3v) is 2.49. The van der Waals surface area contributed by atoms with Crippen LogP contribution in [0.1, 0.15) is 28.2 Å². The van der Waals surface area contributed by atoms with Gasteiger partial charge in [-0.25, -0.2) is 4.39 Å². The van der Waals surface area contributed by atoms with Gasteiger partial charge in [-0.1, -0.05) is 17.1 Å². The van der Waals surface area contributed by atoms with E-state index in [2.05, 4.69) is 37.8 Å². The monoisotopic (exact) mass is 289 g/mol. The number of aromatic amines is 1. The first-order chi connectivity index (χ1) is 10.2. The van der Waals surface area contributed by atoms with Gasteiger partial charge in [0.2, 0.25) is 0 Å². The first-order valence-corrected chi connectivity index (χ1v) is 6.10. The van der Waals surface area contributed by atoms with Crippen molar-refractivity contribution in [3.63, 3.8) is 0 Å². The van der Waals surface area contributed by atoms with E-state index in [0.29, 0.717) is 5.82 Å². The molecule has 0 aliphatic rings. The topological polar surface area (TPSA) is 104 Å². The summed E-state index contributed by atoms with van der Waals surface area (Å²) in [7, 11) is 0. The summed E-state index contributed by atoms with van der Waals surface area (Å²) in [6.45, 7) is 0.0141. The molecular weight excluding hydrogens is 277 g/mol. The number of rotatable bonds is 4. The highest BCUT2D eigenvalue weighted by Crippen LogP contribution is 2.09. The number of nitrogens with one attached hydrogen (secondary N) is 2. The summed E-state index contributed by atoms with van der Waals surface area (Å²) in [6.07, 6.45) is 0.270. The first kappa shape index (κ1) is 14.6. The second-order valence-electron chi connectivity index (χ2n) is 3.98. The van der Waals surface area contributed by atoms with E-state index >= 15 is 0 Å². The molecule has 2 rings (SSSR count). The zero-order valence-electron chi connectivity index (χ0n) is 10.9. The van der Waals surface area contributed by atoms with Crippen molar-refractivity contribution in [3.05, 3.63) is 41.0 Å². The highest BCUT2D eigenvalue weighted by Gasteiger charge is 2.09. The summed E-state index contributed by atoms with van der Waals surface area (Å²) in [5, 5.41) is 24.1. The predicted octanol–water partition coefficient (Wildman–Crippen LogP) is 0.00270. The van der Waals surface area contributed by atoms with Gasteiger partial charge in [-0.15, -0.1) is 10.2 Å². The third-order valence-electron chi connectivity index (χ3n) is 2.49. The number of hydrogen-bond acceptors (Lipinski definition) is 5. The maximum absolute atomic E-state index is 13.8. The number of aliphatic hydroxyl groups excluding tert-OH is 1. The number of hydrogen-bond donors (Lipinski definition) is 3. The smallest absolute Gasteiger partial charge is 0.251 e. The van der Waals surface area contributed by atoms with Crippen LogP contribution in [0.5, 0.6) is 0 Å². The number of halogens is 1. The van der Waals surface area contributed by atoms with E-state index in [9.17, 15) is 9.18 Å². The molecule has 7 nitrogen and oxygen atoms in total. The van der Waals surface area contributed by atoms with Gasteiger partial charge in [0, 0.05) is 12.0 Å². The lowest BCUT2D eigenvalue weighted by Crippen LogP contribution is -2.23. The largest absolute Gasteiger partial charge is 0.395 e. The lowest BCUT2D eigenvalue weighted by atomic mass is 10.1. The number of tetrazole rings is 1. The molecule has 0 radical (unpaired) electrons. The molecule has 0 fully saturated rings. The van der Waals surface area contributed by atoms with Crippen molar-refractivity contribution in [2.75, 3.05) is 6.61 Å². The number of benzene rings is 1. The van der Waals surface area contributed by atoms with E-state index < -0.39 is 11.7 Å². The zero-order chi connectivity index (χ0) is 15.1. The van der Waals surface area contributed by atoms with Crippen LogP contribution < -0.4 is 5.32 Å². The summed E-state index contributed by atoms with van der Waals surface area (Å²) in [5.74, 6) is 4.49. The molecule has 1 amide bonds. The number of H-pyrrole nitrogens is 1. The van der Waals surface area contributed by atoms with Crippen LogP contribution in [0.25, 0.3) is 0 Å². The molecule has 8 heteroatoms. The number of carbonyl (C=O) groups excluding carboxylic acids is 1. The molecule has 0 saturated carbocycles. The summed E-state index contributed by atoms with van der Waals surface area (Å²) >= 11 is 0. The third kappa shape index (κ3) is 4.09. The summed E-state index contributed by atoms with van der Waals surface area (Å²) < 4.78 is 13.8. The number of aromatic nitrogens is 4. The van der Waals surface area contributed by atoms with E-state index in [1.165, 1.54) is 12.1 Å². The van der Waals surface area contributed by atoms with Crippen molar-refractivity contribution < 1.29 is 14.3 Å². The summed E-state index contributed by atoms with van der Waals surface area (Å²) in [4.78, 5) is 11.8. The molecule has 2 aromatic rings. The normalized spacial score (nSPS) is 9.81. The van der Waals surface area contributed by atoms with Gasteiger partial charge in [0.25, 0.3) is 5.91 Å². The molecule has 3 N–H and O–H groups in total. The molecule has 0 atom stereocenters. The van der Waals surface area contributed by atoms with Crippen molar-refractivity contribution in [1.29, 1.82) is 0 Å². The highest BCUT2D eigenvalue weighted by atomic mass is 19.1. The lowest BCUT2D eigenvalue weighted by molar-refractivity contribution is 0.0949. The quantitative estimate of drug-likeness (QED) is 0.687. The number of nitrogens with zero attached hydrogens (tertiary/aromatic N) is 3. The maximum atomic E-state index is 13.8.